The Morgan fingerprint density at radius 3 is 2.42 bits per heavy atom. The van der Waals surface area contributed by atoms with Crippen LogP contribution in [0.15, 0.2) is 60.4 Å². The highest BCUT2D eigenvalue weighted by Crippen LogP contribution is 2.40. The minimum absolute atomic E-state index is 0.0304. The van der Waals surface area contributed by atoms with Crippen LogP contribution in [0.1, 0.15) is 37.7 Å². The third kappa shape index (κ3) is 6.49. The van der Waals surface area contributed by atoms with Crippen molar-refractivity contribution in [2.75, 3.05) is 57.1 Å². The molecule has 3 amide bonds. The summed E-state index contributed by atoms with van der Waals surface area (Å²) in [5, 5.41) is 19.7. The number of carbonyl (C=O) groups excluding carboxylic acids is 3. The molecule has 0 saturated carbocycles. The van der Waals surface area contributed by atoms with E-state index < -0.39 is 17.6 Å². The van der Waals surface area contributed by atoms with Crippen LogP contribution >= 0.6 is 0 Å². The summed E-state index contributed by atoms with van der Waals surface area (Å²) in [5.41, 5.74) is 5.33. The number of aryl methyl sites for hydroxylation is 2. The molecule has 13 nitrogen and oxygen atoms in total. The first-order valence-electron chi connectivity index (χ1n) is 16.8. The van der Waals surface area contributed by atoms with Gasteiger partial charge in [0.1, 0.15) is 11.5 Å². The second-order valence-corrected chi connectivity index (χ2v) is 12.8. The number of hydrogen-bond donors (Lipinski definition) is 4. The molecule has 0 radical (unpaired) electrons. The van der Waals surface area contributed by atoms with Crippen molar-refractivity contribution in [3.8, 4) is 22.8 Å². The van der Waals surface area contributed by atoms with Gasteiger partial charge in [-0.25, -0.2) is 9.18 Å². The second kappa shape index (κ2) is 14.0. The standard InChI is InChI=1S/C38H38FN7O6/c1-21-33(22(2)44(3)43-21)35-28(27-18-26(51-4)19-30(39)34(27)42-35)20-32-36(48)29-17-25(9-10-31(29)52-32)41-38(50)40-24-7-5-23(6-8-24)37(49)46-13-11-45(12-14-46)15-16-47/h5-10,17-20,42,47H,11-16H2,1-4H3,(H2,40,41,50). The Kier molecular flexibility index (Phi) is 9.25. The van der Waals surface area contributed by atoms with Gasteiger partial charge in [0.05, 0.1) is 36.2 Å². The number of rotatable bonds is 8. The quantitative estimate of drug-likeness (QED) is 0.158. The molecule has 52 heavy (non-hydrogen) atoms. The largest absolute Gasteiger partial charge is 0.497 e. The predicted octanol–water partition coefficient (Wildman–Crippen LogP) is 5.34. The second-order valence-electron chi connectivity index (χ2n) is 12.8. The van der Waals surface area contributed by atoms with E-state index in [4.69, 9.17) is 14.6 Å². The molecule has 4 N–H and O–H groups in total. The maximum absolute atomic E-state index is 15.3. The Morgan fingerprint density at radius 1 is 1.04 bits per heavy atom. The summed E-state index contributed by atoms with van der Waals surface area (Å²) in [7, 11) is 3.28. The lowest BCUT2D eigenvalue weighted by Crippen LogP contribution is -2.49. The van der Waals surface area contributed by atoms with Crippen molar-refractivity contribution in [3.05, 3.63) is 94.3 Å². The van der Waals surface area contributed by atoms with E-state index in [0.717, 1.165) is 17.0 Å². The molecule has 4 heterocycles. The number of β-amino-alcohol motifs (C(OH)–C–C–N with tert-alkyl or cyclic N) is 1. The number of aliphatic hydroxyl groups excluding tert-OH is 1. The van der Waals surface area contributed by atoms with Gasteiger partial charge in [-0.3, -0.25) is 19.2 Å². The van der Waals surface area contributed by atoms with Crippen LogP contribution in [0.5, 0.6) is 11.5 Å². The number of carbonyl (C=O) groups is 3. The van der Waals surface area contributed by atoms with Gasteiger partial charge in [0, 0.05) is 85.0 Å². The number of ketones is 1. The number of H-pyrrole nitrogens is 1. The predicted molar refractivity (Wildman–Crippen MR) is 194 cm³/mol. The fourth-order valence-electron chi connectivity index (χ4n) is 6.73. The average molecular weight is 708 g/mol. The molecule has 268 valence electrons. The number of urea groups is 1. The number of aromatic amines is 1. The van der Waals surface area contributed by atoms with Crippen LogP contribution in [0.25, 0.3) is 28.2 Å². The molecule has 2 aromatic heterocycles. The van der Waals surface area contributed by atoms with E-state index >= 15 is 4.39 Å². The monoisotopic (exact) mass is 707 g/mol. The summed E-state index contributed by atoms with van der Waals surface area (Å²) in [4.78, 5) is 46.7. The van der Waals surface area contributed by atoms with Crippen LogP contribution < -0.4 is 20.1 Å². The van der Waals surface area contributed by atoms with E-state index in [9.17, 15) is 14.4 Å². The Morgan fingerprint density at radius 2 is 1.75 bits per heavy atom. The first-order valence-corrected chi connectivity index (χ1v) is 16.8. The van der Waals surface area contributed by atoms with Gasteiger partial charge in [-0.2, -0.15) is 5.10 Å². The van der Waals surface area contributed by atoms with Gasteiger partial charge in [-0.05, 0) is 68.5 Å². The Hall–Kier alpha value is -5.99. The maximum Gasteiger partial charge on any atom is 0.323 e. The van der Waals surface area contributed by atoms with Crippen molar-refractivity contribution >= 4 is 46.1 Å². The molecule has 14 heteroatoms. The van der Waals surface area contributed by atoms with Crippen molar-refractivity contribution in [3.63, 3.8) is 0 Å². The zero-order valence-electron chi connectivity index (χ0n) is 29.2. The van der Waals surface area contributed by atoms with Gasteiger partial charge in [0.2, 0.25) is 5.78 Å². The molecular weight excluding hydrogens is 669 g/mol. The summed E-state index contributed by atoms with van der Waals surface area (Å²) < 4.78 is 28.4. The van der Waals surface area contributed by atoms with Gasteiger partial charge in [-0.1, -0.05) is 0 Å². The van der Waals surface area contributed by atoms with Crippen molar-refractivity contribution in [1.29, 1.82) is 0 Å². The zero-order valence-corrected chi connectivity index (χ0v) is 29.2. The van der Waals surface area contributed by atoms with Gasteiger partial charge in [0.15, 0.2) is 11.6 Å². The first kappa shape index (κ1) is 34.5. The summed E-state index contributed by atoms with van der Waals surface area (Å²) >= 11 is 0. The van der Waals surface area contributed by atoms with E-state index in [-0.39, 0.29) is 29.4 Å². The number of methoxy groups -OCH3 is 1. The molecule has 0 spiro atoms. The number of allylic oxidation sites excluding steroid dienone is 1. The first-order chi connectivity index (χ1) is 25.0. The van der Waals surface area contributed by atoms with Crippen LogP contribution in [-0.4, -0.2) is 93.8 Å². The Labute approximate surface area is 298 Å². The molecule has 0 bridgehead atoms. The van der Waals surface area contributed by atoms with E-state index in [1.54, 1.807) is 58.1 Å². The summed E-state index contributed by atoms with van der Waals surface area (Å²) in [6.07, 6.45) is 1.59. The number of nitrogens with zero attached hydrogens (tertiary/aromatic N) is 4. The number of fused-ring (bicyclic) bond motifs is 2. The van der Waals surface area contributed by atoms with Crippen molar-refractivity contribution in [2.45, 2.75) is 13.8 Å². The third-order valence-corrected chi connectivity index (χ3v) is 9.53. The lowest BCUT2D eigenvalue weighted by molar-refractivity contribution is 0.0615. The van der Waals surface area contributed by atoms with Gasteiger partial charge >= 0.3 is 6.03 Å². The highest BCUT2D eigenvalue weighted by Gasteiger charge is 2.30. The van der Waals surface area contributed by atoms with E-state index in [1.165, 1.54) is 19.2 Å². The normalized spacial score (nSPS) is 15.2. The highest BCUT2D eigenvalue weighted by atomic mass is 19.1. The van der Waals surface area contributed by atoms with Crippen LogP contribution in [0.3, 0.4) is 0 Å². The van der Waals surface area contributed by atoms with Crippen molar-refractivity contribution in [2.24, 2.45) is 7.05 Å². The molecule has 5 aromatic rings. The number of Topliss-reactive ketones (excluding diaryl/α,β-unsaturated/α-hetero) is 1. The molecule has 1 fully saturated rings. The maximum atomic E-state index is 15.3. The number of anilines is 2. The number of piperazine rings is 1. The molecule has 3 aromatic carbocycles. The summed E-state index contributed by atoms with van der Waals surface area (Å²) in [6, 6.07) is 13.8. The number of nitrogens with one attached hydrogen (secondary N) is 3. The van der Waals surface area contributed by atoms with E-state index in [0.29, 0.717) is 77.8 Å². The molecule has 0 aliphatic carbocycles. The van der Waals surface area contributed by atoms with Crippen LogP contribution in [-0.2, 0) is 7.05 Å². The van der Waals surface area contributed by atoms with Crippen molar-refractivity contribution in [1.82, 2.24) is 24.6 Å². The van der Waals surface area contributed by atoms with Gasteiger partial charge in [-0.15, -0.1) is 0 Å². The lowest BCUT2D eigenvalue weighted by atomic mass is 10.0. The highest BCUT2D eigenvalue weighted by molar-refractivity contribution is 6.16. The number of amides is 3. The number of benzene rings is 3. The summed E-state index contributed by atoms with van der Waals surface area (Å²) in [5.74, 6) is -0.339. The van der Waals surface area contributed by atoms with Crippen molar-refractivity contribution < 1.29 is 33.4 Å². The number of halogens is 1. The minimum atomic E-state index is -0.539. The summed E-state index contributed by atoms with van der Waals surface area (Å²) in [6.45, 7) is 7.03. The lowest BCUT2D eigenvalue weighted by Gasteiger charge is -2.34. The molecule has 0 atom stereocenters. The number of hydrogen-bond acceptors (Lipinski definition) is 8. The fourth-order valence-corrected chi connectivity index (χ4v) is 6.73. The van der Waals surface area contributed by atoms with Crippen LogP contribution in [0.4, 0.5) is 20.6 Å². The molecule has 7 rings (SSSR count). The van der Waals surface area contributed by atoms with Crippen LogP contribution in [0.2, 0.25) is 0 Å². The van der Waals surface area contributed by atoms with Crippen LogP contribution in [0, 0.1) is 19.7 Å². The Balaban J connectivity index is 1.07. The SMILES string of the molecule is COc1cc(F)c2[nH]c(-c3c(C)nn(C)c3C)c(C=C3Oc4ccc(NC(=O)Nc5ccc(C(=O)N6CCN(CCO)CC6)cc5)cc4C3=O)c2c1. The molecule has 1 saturated heterocycles. The van der Waals surface area contributed by atoms with E-state index in [2.05, 4.69) is 25.6 Å². The van der Waals surface area contributed by atoms with Gasteiger partial charge < -0.3 is 35.1 Å². The average Bonchev–Trinajstić information content (AvgIpc) is 3.74. The van der Waals surface area contributed by atoms with E-state index in [1.807, 2.05) is 20.9 Å². The zero-order chi connectivity index (χ0) is 36.7. The third-order valence-electron chi connectivity index (χ3n) is 9.53. The molecule has 2 aliphatic rings. The molecule has 0 unspecified atom stereocenters. The number of aliphatic hydroxyl groups is 1. The number of aromatic nitrogens is 3. The van der Waals surface area contributed by atoms with Gasteiger partial charge in [0.25, 0.3) is 5.91 Å². The molecule has 2 aliphatic heterocycles. The smallest absolute Gasteiger partial charge is 0.323 e. The topological polar surface area (TPSA) is 154 Å². The fraction of sp³-hybridized carbons (Fsp3) is 0.263. The Bertz CT molecular complexity index is 2250. The number of ether oxygens (including phenoxy) is 2. The molecular formula is C38H38FN7O6. The minimum Gasteiger partial charge on any atom is -0.497 e.